The van der Waals surface area contributed by atoms with Crippen LogP contribution >= 0.6 is 0 Å². The van der Waals surface area contributed by atoms with Gasteiger partial charge in [0.05, 0.1) is 6.54 Å². The first-order chi connectivity index (χ1) is 15.8. The Bertz CT molecular complexity index is 1120. The number of rotatable bonds is 9. The molecule has 0 fully saturated rings. The van der Waals surface area contributed by atoms with Crippen LogP contribution in [0, 0.1) is 0 Å². The van der Waals surface area contributed by atoms with Crippen molar-refractivity contribution >= 4 is 23.0 Å². The minimum absolute atomic E-state index is 0.0307. The van der Waals surface area contributed by atoms with Crippen LogP contribution in [0.3, 0.4) is 0 Å². The summed E-state index contributed by atoms with van der Waals surface area (Å²) in [4.78, 5) is 43.9. The summed E-state index contributed by atoms with van der Waals surface area (Å²) in [5.41, 5.74) is 7.30. The highest BCUT2D eigenvalue weighted by molar-refractivity contribution is 5.96. The summed E-state index contributed by atoms with van der Waals surface area (Å²) in [7, 11) is 0. The van der Waals surface area contributed by atoms with E-state index in [9.17, 15) is 19.5 Å². The Balaban J connectivity index is 1.80. The number of phenolic OH excluding ortho intramolecular Hbond substituents is 1. The number of nitrogens with zero attached hydrogens (tertiary/aromatic N) is 3. The highest BCUT2D eigenvalue weighted by atomic mass is 16.3. The van der Waals surface area contributed by atoms with E-state index in [4.69, 9.17) is 5.73 Å². The van der Waals surface area contributed by atoms with E-state index in [0.717, 1.165) is 18.4 Å². The van der Waals surface area contributed by atoms with Gasteiger partial charge in [0.15, 0.2) is 5.69 Å². The van der Waals surface area contributed by atoms with Gasteiger partial charge >= 0.3 is 5.69 Å². The van der Waals surface area contributed by atoms with Gasteiger partial charge in [-0.25, -0.2) is 4.79 Å². The molecule has 0 aliphatic carbocycles. The predicted molar refractivity (Wildman–Crippen MR) is 130 cm³/mol. The molecule has 1 amide bonds. The van der Waals surface area contributed by atoms with Crippen LogP contribution in [0.25, 0.3) is 5.57 Å². The van der Waals surface area contributed by atoms with Crippen molar-refractivity contribution in [2.45, 2.75) is 46.1 Å². The molecule has 0 radical (unpaired) electrons. The number of H-pyrrole nitrogens is 1. The lowest BCUT2D eigenvalue weighted by molar-refractivity contribution is -0.119. The Labute approximate surface area is 193 Å². The number of aromatic hydroxyl groups is 1. The van der Waals surface area contributed by atoms with Gasteiger partial charge in [0.1, 0.15) is 11.6 Å². The number of unbranched alkanes of at least 4 members (excludes halogenated alkanes) is 1. The number of aromatic amines is 1. The maximum absolute atomic E-state index is 13.3. The van der Waals surface area contributed by atoms with Gasteiger partial charge in [-0.15, -0.1) is 0 Å². The van der Waals surface area contributed by atoms with Crippen LogP contribution in [0.2, 0.25) is 0 Å². The summed E-state index contributed by atoms with van der Waals surface area (Å²) < 4.78 is 1.32. The van der Waals surface area contributed by atoms with Crippen LogP contribution in [-0.4, -0.2) is 51.6 Å². The SMILES string of the molecule is CCCCN(C(=O)CN1CC=C(c2ccc(O)cc2)CC1)c1c(N)n(CCC)c(=O)[nH]c1=O. The highest BCUT2D eigenvalue weighted by Crippen LogP contribution is 2.24. The standard InChI is InChI=1S/C24H33N5O4/c1-3-5-13-28(21-22(25)29(12-4-2)24(33)26-23(21)32)20(31)16-27-14-10-18(11-15-27)17-6-8-19(30)9-7-17/h6-10,30H,3-5,11-16,25H2,1-2H3,(H,26,32,33). The molecule has 33 heavy (non-hydrogen) atoms. The number of amides is 1. The molecular weight excluding hydrogens is 422 g/mol. The smallest absolute Gasteiger partial charge is 0.330 e. The van der Waals surface area contributed by atoms with Crippen LogP contribution in [-0.2, 0) is 11.3 Å². The summed E-state index contributed by atoms with van der Waals surface area (Å²) >= 11 is 0. The Morgan fingerprint density at radius 1 is 1.18 bits per heavy atom. The van der Waals surface area contributed by atoms with Gasteiger partial charge < -0.3 is 15.7 Å². The van der Waals surface area contributed by atoms with E-state index in [1.165, 1.54) is 15.0 Å². The fourth-order valence-corrected chi connectivity index (χ4v) is 4.03. The minimum Gasteiger partial charge on any atom is -0.508 e. The van der Waals surface area contributed by atoms with Gasteiger partial charge in [0, 0.05) is 26.2 Å². The lowest BCUT2D eigenvalue weighted by atomic mass is 9.99. The molecule has 0 saturated heterocycles. The first-order valence-electron chi connectivity index (χ1n) is 11.5. The minimum atomic E-state index is -0.637. The summed E-state index contributed by atoms with van der Waals surface area (Å²) in [5.74, 6) is 0.0427. The fraction of sp³-hybridized carbons (Fsp3) is 0.458. The Morgan fingerprint density at radius 3 is 2.52 bits per heavy atom. The number of nitrogens with two attached hydrogens (primary N) is 1. The molecule has 1 aromatic heterocycles. The molecule has 9 heteroatoms. The lowest BCUT2D eigenvalue weighted by Gasteiger charge is -2.30. The van der Waals surface area contributed by atoms with Crippen LogP contribution in [0.4, 0.5) is 11.5 Å². The normalized spacial score (nSPS) is 14.2. The quantitative estimate of drug-likeness (QED) is 0.532. The van der Waals surface area contributed by atoms with Crippen molar-refractivity contribution in [3.8, 4) is 5.75 Å². The lowest BCUT2D eigenvalue weighted by Crippen LogP contribution is -2.46. The molecule has 2 heterocycles. The average molecular weight is 456 g/mol. The van der Waals surface area contributed by atoms with Gasteiger partial charge in [-0.05, 0) is 42.5 Å². The number of nitrogens with one attached hydrogen (secondary N) is 1. The summed E-state index contributed by atoms with van der Waals surface area (Å²) in [6.45, 7) is 6.08. The van der Waals surface area contributed by atoms with E-state index in [1.807, 2.05) is 30.9 Å². The average Bonchev–Trinajstić information content (AvgIpc) is 2.79. The van der Waals surface area contributed by atoms with Crippen molar-refractivity contribution in [2.75, 3.05) is 36.8 Å². The number of hydrogen-bond acceptors (Lipinski definition) is 6. The Kier molecular flexibility index (Phi) is 8.11. The van der Waals surface area contributed by atoms with E-state index >= 15 is 0 Å². The molecule has 0 bridgehead atoms. The number of aromatic nitrogens is 2. The summed E-state index contributed by atoms with van der Waals surface area (Å²) in [6.07, 6.45) is 5.09. The third kappa shape index (κ3) is 5.73. The molecule has 3 rings (SSSR count). The van der Waals surface area contributed by atoms with E-state index in [1.54, 1.807) is 12.1 Å². The van der Waals surface area contributed by atoms with Crippen LogP contribution < -0.4 is 21.9 Å². The highest BCUT2D eigenvalue weighted by Gasteiger charge is 2.26. The number of carbonyl (C=O) groups is 1. The number of anilines is 2. The fourth-order valence-electron chi connectivity index (χ4n) is 4.03. The number of carbonyl (C=O) groups excluding carboxylic acids is 1. The third-order valence-electron chi connectivity index (χ3n) is 5.86. The second-order valence-electron chi connectivity index (χ2n) is 8.31. The monoisotopic (exact) mass is 455 g/mol. The van der Waals surface area contributed by atoms with Crippen molar-refractivity contribution in [2.24, 2.45) is 0 Å². The number of phenols is 1. The number of nitrogen functional groups attached to an aromatic ring is 1. The van der Waals surface area contributed by atoms with Crippen molar-refractivity contribution < 1.29 is 9.90 Å². The maximum atomic E-state index is 13.3. The van der Waals surface area contributed by atoms with Crippen LogP contribution in [0.5, 0.6) is 5.75 Å². The molecular formula is C24H33N5O4. The van der Waals surface area contributed by atoms with Gasteiger partial charge in [-0.1, -0.05) is 38.5 Å². The van der Waals surface area contributed by atoms with Crippen molar-refractivity contribution in [3.63, 3.8) is 0 Å². The molecule has 0 atom stereocenters. The largest absolute Gasteiger partial charge is 0.508 e. The third-order valence-corrected chi connectivity index (χ3v) is 5.86. The molecule has 0 saturated carbocycles. The molecule has 9 nitrogen and oxygen atoms in total. The molecule has 0 spiro atoms. The second kappa shape index (κ2) is 11.0. The van der Waals surface area contributed by atoms with E-state index in [2.05, 4.69) is 11.1 Å². The van der Waals surface area contributed by atoms with Gasteiger partial charge in [-0.2, -0.15) is 0 Å². The molecule has 1 aliphatic heterocycles. The van der Waals surface area contributed by atoms with Gasteiger partial charge in [-0.3, -0.25) is 24.0 Å². The van der Waals surface area contributed by atoms with Crippen LogP contribution in [0.15, 0.2) is 39.9 Å². The molecule has 178 valence electrons. The molecule has 1 aliphatic rings. The van der Waals surface area contributed by atoms with E-state index in [0.29, 0.717) is 39.0 Å². The maximum Gasteiger partial charge on any atom is 0.330 e. The zero-order chi connectivity index (χ0) is 24.0. The summed E-state index contributed by atoms with van der Waals surface area (Å²) in [5, 5.41) is 9.48. The zero-order valence-electron chi connectivity index (χ0n) is 19.3. The topological polar surface area (TPSA) is 125 Å². The van der Waals surface area contributed by atoms with Gasteiger partial charge in [0.25, 0.3) is 5.56 Å². The van der Waals surface area contributed by atoms with Gasteiger partial charge in [0.2, 0.25) is 5.91 Å². The number of benzene rings is 1. The van der Waals surface area contributed by atoms with Crippen molar-refractivity contribution in [1.29, 1.82) is 0 Å². The number of hydrogen-bond donors (Lipinski definition) is 3. The molecule has 2 aromatic rings. The van der Waals surface area contributed by atoms with E-state index in [-0.39, 0.29) is 29.7 Å². The van der Waals surface area contributed by atoms with Crippen molar-refractivity contribution in [1.82, 2.24) is 14.5 Å². The first kappa shape index (κ1) is 24.3. The second-order valence-corrected chi connectivity index (χ2v) is 8.31. The van der Waals surface area contributed by atoms with E-state index < -0.39 is 11.2 Å². The van der Waals surface area contributed by atoms with Crippen LogP contribution in [0.1, 0.15) is 45.1 Å². The molecule has 4 N–H and O–H groups in total. The zero-order valence-corrected chi connectivity index (χ0v) is 19.3. The predicted octanol–water partition coefficient (Wildman–Crippen LogP) is 2.16. The Morgan fingerprint density at radius 2 is 1.91 bits per heavy atom. The first-order valence-corrected chi connectivity index (χ1v) is 11.5. The molecule has 0 unspecified atom stereocenters. The molecule has 1 aromatic carbocycles. The van der Waals surface area contributed by atoms with Crippen molar-refractivity contribution in [3.05, 3.63) is 56.7 Å². The summed E-state index contributed by atoms with van der Waals surface area (Å²) in [6, 6.07) is 7.10. The Hall–Kier alpha value is -3.33.